The Bertz CT molecular complexity index is 549. The van der Waals surface area contributed by atoms with Gasteiger partial charge in [0.25, 0.3) is 5.91 Å². The molecule has 6 nitrogen and oxygen atoms in total. The minimum atomic E-state index is -0.657. The zero-order valence-electron chi connectivity index (χ0n) is 12.5. The van der Waals surface area contributed by atoms with E-state index in [-0.39, 0.29) is 17.1 Å². The van der Waals surface area contributed by atoms with E-state index in [9.17, 15) is 9.18 Å². The molecular formula is C14H21FN4O2. The fourth-order valence-corrected chi connectivity index (χ4v) is 3.23. The van der Waals surface area contributed by atoms with Gasteiger partial charge >= 0.3 is 0 Å². The van der Waals surface area contributed by atoms with Crippen molar-refractivity contribution < 1.29 is 13.9 Å². The van der Waals surface area contributed by atoms with Crippen LogP contribution in [0.5, 0.6) is 5.88 Å². The van der Waals surface area contributed by atoms with Crippen molar-refractivity contribution in [3.8, 4) is 5.88 Å². The lowest BCUT2D eigenvalue weighted by Crippen LogP contribution is -2.50. The topological polar surface area (TPSA) is 59.4 Å². The first-order valence-electron chi connectivity index (χ1n) is 7.38. The Morgan fingerprint density at radius 1 is 1.48 bits per heavy atom. The Morgan fingerprint density at radius 3 is 2.81 bits per heavy atom. The molecule has 1 fully saturated rings. The number of hydrogen-bond donors (Lipinski definition) is 1. The summed E-state index contributed by atoms with van der Waals surface area (Å²) in [4.78, 5) is 14.4. The Morgan fingerprint density at radius 2 is 2.19 bits per heavy atom. The summed E-state index contributed by atoms with van der Waals surface area (Å²) < 4.78 is 20.6. The molecule has 1 saturated carbocycles. The number of nitrogens with zero attached hydrogens (tertiary/aromatic N) is 3. The Labute approximate surface area is 123 Å². The van der Waals surface area contributed by atoms with Crippen molar-refractivity contribution in [2.45, 2.75) is 37.8 Å². The predicted molar refractivity (Wildman–Crippen MR) is 74.9 cm³/mol. The molecule has 0 aromatic carbocycles. The third-order valence-electron chi connectivity index (χ3n) is 4.67. The highest BCUT2D eigenvalue weighted by atomic mass is 19.1. The van der Waals surface area contributed by atoms with E-state index in [0.29, 0.717) is 19.7 Å². The van der Waals surface area contributed by atoms with Gasteiger partial charge in [0.1, 0.15) is 6.61 Å². The normalized spacial score (nSPS) is 19.6. The third kappa shape index (κ3) is 2.39. The molecule has 0 bridgehead atoms. The summed E-state index contributed by atoms with van der Waals surface area (Å²) in [6.45, 7) is 1.41. The highest BCUT2D eigenvalue weighted by Gasteiger charge is 2.37. The van der Waals surface area contributed by atoms with Gasteiger partial charge in [-0.25, -0.2) is 4.68 Å². The molecule has 0 atom stereocenters. The molecule has 0 saturated heterocycles. The lowest BCUT2D eigenvalue weighted by atomic mass is 9.96. The van der Waals surface area contributed by atoms with E-state index in [1.165, 1.54) is 4.68 Å². The molecule has 116 valence electrons. The number of rotatable bonds is 4. The van der Waals surface area contributed by atoms with Gasteiger partial charge < -0.3 is 15.0 Å². The molecule has 1 aliphatic carbocycles. The number of carbonyl (C=O) groups excluding carboxylic acids is 1. The van der Waals surface area contributed by atoms with Gasteiger partial charge in [-0.05, 0) is 26.9 Å². The number of fused-ring (bicyclic) bond motifs is 1. The van der Waals surface area contributed by atoms with Crippen LogP contribution in [-0.4, -0.2) is 53.4 Å². The van der Waals surface area contributed by atoms with Crippen molar-refractivity contribution in [2.75, 3.05) is 27.2 Å². The van der Waals surface area contributed by atoms with Crippen molar-refractivity contribution in [3.05, 3.63) is 11.5 Å². The third-order valence-corrected chi connectivity index (χ3v) is 4.67. The Hall–Kier alpha value is -1.63. The standard InChI is InChI=1S/C14H21FN4O2/c1-18(2)14(5-3-4-6-14)9-16-12(20)11-10(15)13-19(17-11)7-8-21-13/h3-9H2,1-2H3,(H,16,20). The van der Waals surface area contributed by atoms with E-state index in [1.54, 1.807) is 0 Å². The first-order valence-corrected chi connectivity index (χ1v) is 7.38. The van der Waals surface area contributed by atoms with Crippen LogP contribution in [0.2, 0.25) is 0 Å². The van der Waals surface area contributed by atoms with Crippen LogP contribution in [0, 0.1) is 5.82 Å². The first-order chi connectivity index (χ1) is 10.0. The number of aromatic nitrogens is 2. The fraction of sp³-hybridized carbons (Fsp3) is 0.714. The molecule has 1 N–H and O–H groups in total. The number of hydrogen-bond acceptors (Lipinski definition) is 4. The average molecular weight is 296 g/mol. The molecule has 2 aliphatic rings. The van der Waals surface area contributed by atoms with Gasteiger partial charge in [0.15, 0.2) is 5.69 Å². The van der Waals surface area contributed by atoms with E-state index in [4.69, 9.17) is 4.74 Å². The second-order valence-corrected chi connectivity index (χ2v) is 6.05. The van der Waals surface area contributed by atoms with Crippen LogP contribution in [-0.2, 0) is 6.54 Å². The van der Waals surface area contributed by atoms with Gasteiger partial charge in [-0.15, -0.1) is 0 Å². The number of ether oxygens (including phenoxy) is 1. The number of nitrogens with one attached hydrogen (secondary N) is 1. The summed E-state index contributed by atoms with van der Waals surface area (Å²) in [7, 11) is 4.05. The van der Waals surface area contributed by atoms with E-state index in [0.717, 1.165) is 25.7 Å². The van der Waals surface area contributed by atoms with Gasteiger partial charge in [0.05, 0.1) is 6.54 Å². The summed E-state index contributed by atoms with van der Waals surface area (Å²) in [6, 6.07) is 0. The van der Waals surface area contributed by atoms with Crippen molar-refractivity contribution in [1.29, 1.82) is 0 Å². The van der Waals surface area contributed by atoms with E-state index in [1.807, 2.05) is 14.1 Å². The van der Waals surface area contributed by atoms with Crippen LogP contribution in [0.4, 0.5) is 4.39 Å². The molecule has 0 radical (unpaired) electrons. The molecule has 1 amide bonds. The maximum Gasteiger partial charge on any atom is 0.275 e. The number of amides is 1. The largest absolute Gasteiger partial charge is 0.474 e. The second-order valence-electron chi connectivity index (χ2n) is 6.05. The van der Waals surface area contributed by atoms with E-state index < -0.39 is 11.7 Å². The van der Waals surface area contributed by atoms with Crippen LogP contribution in [0.3, 0.4) is 0 Å². The Kier molecular flexibility index (Phi) is 3.61. The zero-order valence-corrected chi connectivity index (χ0v) is 12.5. The highest BCUT2D eigenvalue weighted by Crippen LogP contribution is 2.33. The summed E-state index contributed by atoms with van der Waals surface area (Å²) in [5.74, 6) is -1.05. The minimum Gasteiger partial charge on any atom is -0.474 e. The zero-order chi connectivity index (χ0) is 15.0. The van der Waals surface area contributed by atoms with Gasteiger partial charge in [0, 0.05) is 12.1 Å². The molecule has 0 unspecified atom stereocenters. The van der Waals surface area contributed by atoms with Crippen molar-refractivity contribution in [1.82, 2.24) is 20.0 Å². The maximum atomic E-state index is 14.1. The highest BCUT2D eigenvalue weighted by molar-refractivity contribution is 5.93. The number of likely N-dealkylation sites (N-methyl/N-ethyl adjacent to an activating group) is 1. The van der Waals surface area contributed by atoms with Gasteiger partial charge in [-0.1, -0.05) is 12.8 Å². The van der Waals surface area contributed by atoms with E-state index >= 15 is 0 Å². The molecule has 3 rings (SSSR count). The molecule has 21 heavy (non-hydrogen) atoms. The van der Waals surface area contributed by atoms with Gasteiger partial charge in [0.2, 0.25) is 11.7 Å². The van der Waals surface area contributed by atoms with Crippen LogP contribution in [0.1, 0.15) is 36.2 Å². The van der Waals surface area contributed by atoms with Crippen LogP contribution >= 0.6 is 0 Å². The molecular weight excluding hydrogens is 275 g/mol. The fourth-order valence-electron chi connectivity index (χ4n) is 3.23. The second kappa shape index (κ2) is 5.29. The number of halogens is 1. The van der Waals surface area contributed by atoms with E-state index in [2.05, 4.69) is 15.3 Å². The molecule has 2 heterocycles. The molecule has 1 aromatic rings. The molecule has 1 aliphatic heterocycles. The first kappa shape index (κ1) is 14.3. The molecule has 1 aromatic heterocycles. The predicted octanol–water partition coefficient (Wildman–Crippen LogP) is 1.02. The SMILES string of the molecule is CN(C)C1(CNC(=O)c2nn3c(c2F)OCC3)CCCC1. The summed E-state index contributed by atoms with van der Waals surface area (Å²) >= 11 is 0. The van der Waals surface area contributed by atoms with Gasteiger partial charge in [-0.3, -0.25) is 4.79 Å². The average Bonchev–Trinajstić information content (AvgIpc) is 3.14. The molecule has 7 heteroatoms. The monoisotopic (exact) mass is 296 g/mol. The summed E-state index contributed by atoms with van der Waals surface area (Å²) in [5.41, 5.74) is -0.193. The summed E-state index contributed by atoms with van der Waals surface area (Å²) in [5, 5.41) is 6.83. The van der Waals surface area contributed by atoms with Crippen LogP contribution < -0.4 is 10.1 Å². The van der Waals surface area contributed by atoms with Crippen LogP contribution in [0.15, 0.2) is 0 Å². The lowest BCUT2D eigenvalue weighted by Gasteiger charge is -2.36. The van der Waals surface area contributed by atoms with Crippen LogP contribution in [0.25, 0.3) is 0 Å². The summed E-state index contributed by atoms with van der Waals surface area (Å²) in [6.07, 6.45) is 4.42. The molecule has 0 spiro atoms. The smallest absolute Gasteiger partial charge is 0.275 e. The lowest BCUT2D eigenvalue weighted by molar-refractivity contribution is 0.0889. The minimum absolute atomic E-state index is 0.0227. The number of carbonyl (C=O) groups is 1. The van der Waals surface area contributed by atoms with Crippen molar-refractivity contribution >= 4 is 5.91 Å². The van der Waals surface area contributed by atoms with Gasteiger partial charge in [-0.2, -0.15) is 9.49 Å². The van der Waals surface area contributed by atoms with Crippen molar-refractivity contribution in [3.63, 3.8) is 0 Å². The quantitative estimate of drug-likeness (QED) is 0.901. The van der Waals surface area contributed by atoms with Crippen molar-refractivity contribution in [2.24, 2.45) is 0 Å². The maximum absolute atomic E-state index is 14.1. The Balaban J connectivity index is 1.69.